The van der Waals surface area contributed by atoms with Gasteiger partial charge in [-0.05, 0) is 17.7 Å². The minimum Gasteiger partial charge on any atom is -0.497 e. The molecule has 86 valence electrons. The van der Waals surface area contributed by atoms with Crippen LogP contribution in [-0.2, 0) is 9.53 Å². The van der Waals surface area contributed by atoms with E-state index in [-0.39, 0.29) is 23.9 Å². The topological polar surface area (TPSA) is 35.5 Å². The van der Waals surface area contributed by atoms with E-state index in [1.165, 1.54) is 0 Å². The van der Waals surface area contributed by atoms with Gasteiger partial charge in [-0.1, -0.05) is 26.0 Å². The molecule has 1 aromatic carbocycles. The lowest BCUT2D eigenvalue weighted by Crippen LogP contribution is -2.09. The van der Waals surface area contributed by atoms with E-state index in [2.05, 4.69) is 0 Å². The zero-order valence-corrected chi connectivity index (χ0v) is 9.77. The van der Waals surface area contributed by atoms with Crippen LogP contribution in [0.15, 0.2) is 24.3 Å². The van der Waals surface area contributed by atoms with E-state index in [1.807, 2.05) is 38.1 Å². The summed E-state index contributed by atoms with van der Waals surface area (Å²) in [5.41, 5.74) is 1.03. The van der Waals surface area contributed by atoms with Gasteiger partial charge in [0.2, 0.25) is 0 Å². The third kappa shape index (κ3) is 1.77. The Bertz CT molecular complexity index is 383. The molecule has 3 heteroatoms. The number of cyclic esters (lactones) is 1. The van der Waals surface area contributed by atoms with Crippen LogP contribution in [-0.4, -0.2) is 13.1 Å². The summed E-state index contributed by atoms with van der Waals surface area (Å²) in [6.07, 6.45) is -0.117. The standard InChI is InChI=1S/C13H16O3/c1-8-9(2)13(14)16-12(8)10-4-6-11(15-3)7-5-10/h4-9,12H,1-3H3/t8-,9-,12-/m1/s1. The van der Waals surface area contributed by atoms with Gasteiger partial charge in [0.1, 0.15) is 11.9 Å². The maximum absolute atomic E-state index is 11.4. The molecule has 1 aliphatic heterocycles. The van der Waals surface area contributed by atoms with Crippen molar-refractivity contribution in [3.8, 4) is 5.75 Å². The van der Waals surface area contributed by atoms with Gasteiger partial charge in [-0.2, -0.15) is 0 Å². The second kappa shape index (κ2) is 4.16. The highest BCUT2D eigenvalue weighted by atomic mass is 16.6. The van der Waals surface area contributed by atoms with E-state index in [4.69, 9.17) is 9.47 Å². The number of hydrogen-bond donors (Lipinski definition) is 0. The Morgan fingerprint density at radius 3 is 2.25 bits per heavy atom. The van der Waals surface area contributed by atoms with E-state index in [1.54, 1.807) is 7.11 Å². The first-order chi connectivity index (χ1) is 7.63. The fourth-order valence-corrected chi connectivity index (χ4v) is 1.98. The van der Waals surface area contributed by atoms with Crippen LogP contribution < -0.4 is 4.74 Å². The molecule has 3 atom stereocenters. The van der Waals surface area contributed by atoms with Gasteiger partial charge >= 0.3 is 5.97 Å². The second-order valence-corrected chi connectivity index (χ2v) is 4.28. The Balaban J connectivity index is 2.21. The van der Waals surface area contributed by atoms with Gasteiger partial charge in [-0.3, -0.25) is 4.79 Å². The highest BCUT2D eigenvalue weighted by Crippen LogP contribution is 2.38. The molecule has 0 bridgehead atoms. The van der Waals surface area contributed by atoms with Crippen LogP contribution in [0.4, 0.5) is 0 Å². The van der Waals surface area contributed by atoms with Gasteiger partial charge in [0, 0.05) is 5.92 Å². The van der Waals surface area contributed by atoms with E-state index in [9.17, 15) is 4.79 Å². The van der Waals surface area contributed by atoms with E-state index < -0.39 is 0 Å². The van der Waals surface area contributed by atoms with Crippen molar-refractivity contribution in [2.45, 2.75) is 20.0 Å². The molecule has 16 heavy (non-hydrogen) atoms. The number of rotatable bonds is 2. The molecule has 0 aromatic heterocycles. The summed E-state index contributed by atoms with van der Waals surface area (Å²) < 4.78 is 10.5. The van der Waals surface area contributed by atoms with Gasteiger partial charge in [0.15, 0.2) is 0 Å². The van der Waals surface area contributed by atoms with Crippen molar-refractivity contribution in [2.24, 2.45) is 11.8 Å². The Labute approximate surface area is 95.4 Å². The Kier molecular flexibility index (Phi) is 2.86. The molecule has 0 aliphatic carbocycles. The number of carbonyl (C=O) groups excluding carboxylic acids is 1. The highest BCUT2D eigenvalue weighted by Gasteiger charge is 2.39. The molecule has 0 amide bonds. The van der Waals surface area contributed by atoms with Crippen molar-refractivity contribution in [3.63, 3.8) is 0 Å². The average Bonchev–Trinajstić information content (AvgIpc) is 2.57. The first-order valence-corrected chi connectivity index (χ1v) is 5.48. The summed E-state index contributed by atoms with van der Waals surface area (Å²) in [5.74, 6) is 0.912. The van der Waals surface area contributed by atoms with Crippen LogP contribution in [0.1, 0.15) is 25.5 Å². The minimum atomic E-state index is -0.117. The molecule has 1 fully saturated rings. The lowest BCUT2D eigenvalue weighted by molar-refractivity contribution is -0.144. The lowest BCUT2D eigenvalue weighted by atomic mass is 9.90. The van der Waals surface area contributed by atoms with Gasteiger partial charge in [-0.15, -0.1) is 0 Å². The number of hydrogen-bond acceptors (Lipinski definition) is 3. The average molecular weight is 220 g/mol. The highest BCUT2D eigenvalue weighted by molar-refractivity contribution is 5.75. The first-order valence-electron chi connectivity index (χ1n) is 5.48. The van der Waals surface area contributed by atoms with Crippen LogP contribution in [0.3, 0.4) is 0 Å². The third-order valence-corrected chi connectivity index (χ3v) is 3.33. The Hall–Kier alpha value is -1.51. The molecule has 0 unspecified atom stereocenters. The molecule has 1 aliphatic rings. The number of benzene rings is 1. The van der Waals surface area contributed by atoms with Crippen LogP contribution in [0, 0.1) is 11.8 Å². The molecular weight excluding hydrogens is 204 g/mol. The maximum atomic E-state index is 11.4. The Morgan fingerprint density at radius 1 is 1.19 bits per heavy atom. The smallest absolute Gasteiger partial charge is 0.309 e. The van der Waals surface area contributed by atoms with E-state index in [0.29, 0.717) is 0 Å². The fourth-order valence-electron chi connectivity index (χ4n) is 1.98. The van der Waals surface area contributed by atoms with Crippen LogP contribution in [0.25, 0.3) is 0 Å². The summed E-state index contributed by atoms with van der Waals surface area (Å²) in [4.78, 5) is 11.4. The normalized spacial score (nSPS) is 28.9. The molecule has 1 saturated heterocycles. The summed E-state index contributed by atoms with van der Waals surface area (Å²) in [6.45, 7) is 3.96. The molecular formula is C13H16O3. The fraction of sp³-hybridized carbons (Fsp3) is 0.462. The Morgan fingerprint density at radius 2 is 1.81 bits per heavy atom. The van der Waals surface area contributed by atoms with Crippen molar-refractivity contribution in [2.75, 3.05) is 7.11 Å². The summed E-state index contributed by atoms with van der Waals surface area (Å²) in [6, 6.07) is 7.67. The van der Waals surface area contributed by atoms with Gasteiger partial charge in [-0.25, -0.2) is 0 Å². The van der Waals surface area contributed by atoms with Crippen molar-refractivity contribution in [1.29, 1.82) is 0 Å². The number of carbonyl (C=O) groups is 1. The van der Waals surface area contributed by atoms with Gasteiger partial charge < -0.3 is 9.47 Å². The van der Waals surface area contributed by atoms with Crippen molar-refractivity contribution in [1.82, 2.24) is 0 Å². The SMILES string of the molecule is COc1ccc([C@@H]2OC(=O)[C@H](C)[C@H]2C)cc1. The van der Waals surface area contributed by atoms with Crippen molar-refractivity contribution < 1.29 is 14.3 Å². The van der Waals surface area contributed by atoms with Crippen molar-refractivity contribution >= 4 is 5.97 Å². The molecule has 3 nitrogen and oxygen atoms in total. The quantitative estimate of drug-likeness (QED) is 0.718. The summed E-state index contributed by atoms with van der Waals surface area (Å²) in [7, 11) is 1.63. The third-order valence-electron chi connectivity index (χ3n) is 3.33. The van der Waals surface area contributed by atoms with E-state index in [0.717, 1.165) is 11.3 Å². The van der Waals surface area contributed by atoms with Crippen LogP contribution in [0.2, 0.25) is 0 Å². The zero-order chi connectivity index (χ0) is 11.7. The molecule has 0 N–H and O–H groups in total. The predicted molar refractivity (Wildman–Crippen MR) is 60.2 cm³/mol. The molecule has 0 radical (unpaired) electrons. The number of esters is 1. The molecule has 2 rings (SSSR count). The predicted octanol–water partition coefficient (Wildman–Crippen LogP) is 2.57. The minimum absolute atomic E-state index is 0.0212. The second-order valence-electron chi connectivity index (χ2n) is 4.28. The molecule has 1 heterocycles. The molecule has 0 saturated carbocycles. The lowest BCUT2D eigenvalue weighted by Gasteiger charge is -2.15. The van der Waals surface area contributed by atoms with E-state index >= 15 is 0 Å². The molecule has 0 spiro atoms. The summed E-state index contributed by atoms with van der Waals surface area (Å²) in [5, 5.41) is 0. The number of ether oxygens (including phenoxy) is 2. The zero-order valence-electron chi connectivity index (χ0n) is 9.77. The maximum Gasteiger partial charge on any atom is 0.309 e. The monoisotopic (exact) mass is 220 g/mol. The van der Waals surface area contributed by atoms with Gasteiger partial charge in [0.05, 0.1) is 13.0 Å². The summed E-state index contributed by atoms with van der Waals surface area (Å²) >= 11 is 0. The van der Waals surface area contributed by atoms with Crippen LogP contribution >= 0.6 is 0 Å². The number of methoxy groups -OCH3 is 1. The van der Waals surface area contributed by atoms with Crippen molar-refractivity contribution in [3.05, 3.63) is 29.8 Å². The van der Waals surface area contributed by atoms with Gasteiger partial charge in [0.25, 0.3) is 0 Å². The van der Waals surface area contributed by atoms with Crippen LogP contribution in [0.5, 0.6) is 5.75 Å². The first kappa shape index (κ1) is 11.0. The largest absolute Gasteiger partial charge is 0.497 e. The molecule has 1 aromatic rings.